The van der Waals surface area contributed by atoms with Crippen molar-refractivity contribution >= 4 is 17.7 Å². The Hall–Kier alpha value is -4.15. The van der Waals surface area contributed by atoms with E-state index < -0.39 is 23.7 Å². The van der Waals surface area contributed by atoms with Crippen LogP contribution in [0.3, 0.4) is 0 Å². The monoisotopic (exact) mass is 469 g/mol. The third-order valence-corrected chi connectivity index (χ3v) is 5.28. The molecule has 1 atom stereocenters. The molecule has 1 unspecified atom stereocenters. The fourth-order valence-corrected chi connectivity index (χ4v) is 3.46. The van der Waals surface area contributed by atoms with Crippen LogP contribution in [0.2, 0.25) is 0 Å². The number of nitrogens with one attached hydrogen (secondary N) is 3. The van der Waals surface area contributed by atoms with E-state index in [-0.39, 0.29) is 5.56 Å². The normalized spacial score (nSPS) is 15.9. The Kier molecular flexibility index (Phi) is 6.35. The van der Waals surface area contributed by atoms with E-state index in [1.807, 2.05) is 19.1 Å². The molecule has 4 rings (SSSR count). The molecule has 176 valence electrons. The molecule has 0 saturated heterocycles. The number of allylic oxidation sites excluding steroid dienone is 1. The van der Waals surface area contributed by atoms with Crippen molar-refractivity contribution in [3.63, 3.8) is 0 Å². The average Bonchev–Trinajstić information content (AvgIpc) is 3.29. The molecule has 0 saturated carbocycles. The van der Waals surface area contributed by atoms with Crippen molar-refractivity contribution in [2.75, 3.05) is 17.7 Å². The summed E-state index contributed by atoms with van der Waals surface area (Å²) < 4.78 is 40.7. The molecule has 34 heavy (non-hydrogen) atoms. The molecule has 3 N–H and O–H groups in total. The van der Waals surface area contributed by atoms with Gasteiger partial charge in [0.05, 0.1) is 11.6 Å². The molecule has 1 aliphatic rings. The number of hydrogen-bond donors (Lipinski definition) is 3. The molecule has 0 spiro atoms. The first-order valence-electron chi connectivity index (χ1n) is 10.4. The van der Waals surface area contributed by atoms with Crippen molar-refractivity contribution in [1.82, 2.24) is 24.8 Å². The molecule has 1 amide bonds. The van der Waals surface area contributed by atoms with E-state index in [2.05, 4.69) is 30.9 Å². The van der Waals surface area contributed by atoms with Gasteiger partial charge in [0, 0.05) is 36.8 Å². The maximum Gasteiger partial charge on any atom is 0.416 e. The smallest absolute Gasteiger partial charge is 0.373 e. The summed E-state index contributed by atoms with van der Waals surface area (Å²) in [7, 11) is 1.76. The van der Waals surface area contributed by atoms with Gasteiger partial charge in [-0.2, -0.15) is 13.2 Å². The number of amides is 1. The molecule has 1 aromatic carbocycles. The second-order valence-electron chi connectivity index (χ2n) is 7.62. The highest BCUT2D eigenvalue weighted by Gasteiger charge is 2.31. The van der Waals surface area contributed by atoms with E-state index in [0.29, 0.717) is 24.0 Å². The third-order valence-electron chi connectivity index (χ3n) is 5.28. The average molecular weight is 469 g/mol. The summed E-state index contributed by atoms with van der Waals surface area (Å²) in [5, 5.41) is 8.99. The first kappa shape index (κ1) is 23.0. The fraction of sp³-hybridized carbons (Fsp3) is 0.217. The second-order valence-corrected chi connectivity index (χ2v) is 7.62. The SMILES string of the molecule is CNc1cc(-n2ccnc2NC2=CC(NC(=O)c3cccc(C(F)(F)F)c3)CC=C2C)ncn1. The summed E-state index contributed by atoms with van der Waals surface area (Å²) in [6.07, 6.45) is 4.56. The number of rotatable bonds is 6. The molecule has 0 bridgehead atoms. The topological polar surface area (TPSA) is 96.8 Å². The molecule has 1 aliphatic carbocycles. The van der Waals surface area contributed by atoms with Crippen molar-refractivity contribution in [1.29, 1.82) is 0 Å². The van der Waals surface area contributed by atoms with E-state index in [4.69, 9.17) is 0 Å². The standard InChI is InChI=1S/C23H22F3N7O/c1-14-6-7-17(31-21(34)15-4-3-5-16(10-15)23(24,25)26)11-18(14)32-22-28-8-9-33(22)20-12-19(27-2)29-13-30-20/h3-6,8-13,17H,7H2,1-2H3,(H,28,32)(H,31,34)(H,27,29,30). The number of hydrogen-bond acceptors (Lipinski definition) is 6. The van der Waals surface area contributed by atoms with E-state index >= 15 is 0 Å². The molecule has 2 aromatic heterocycles. The Balaban J connectivity index is 1.52. The van der Waals surface area contributed by atoms with Gasteiger partial charge in [0.25, 0.3) is 5.91 Å². The first-order valence-corrected chi connectivity index (χ1v) is 10.4. The highest BCUT2D eigenvalue weighted by Crippen LogP contribution is 2.29. The Morgan fingerprint density at radius 1 is 1.18 bits per heavy atom. The van der Waals surface area contributed by atoms with Crippen molar-refractivity contribution in [2.45, 2.75) is 25.6 Å². The molecular formula is C23H22F3N7O. The zero-order chi connectivity index (χ0) is 24.3. The number of benzene rings is 1. The number of carbonyl (C=O) groups is 1. The van der Waals surface area contributed by atoms with Crippen LogP contribution in [0.1, 0.15) is 29.3 Å². The molecule has 0 fully saturated rings. The van der Waals surface area contributed by atoms with Gasteiger partial charge in [-0.15, -0.1) is 0 Å². The van der Waals surface area contributed by atoms with E-state index in [0.717, 1.165) is 23.4 Å². The summed E-state index contributed by atoms with van der Waals surface area (Å²) in [6, 6.07) is 5.72. The number of anilines is 2. The number of nitrogens with zero attached hydrogens (tertiary/aromatic N) is 4. The zero-order valence-electron chi connectivity index (χ0n) is 18.4. The Morgan fingerprint density at radius 2 is 2.00 bits per heavy atom. The van der Waals surface area contributed by atoms with Crippen molar-refractivity contribution in [3.8, 4) is 5.82 Å². The highest BCUT2D eigenvalue weighted by atomic mass is 19.4. The van der Waals surface area contributed by atoms with E-state index in [9.17, 15) is 18.0 Å². The number of aromatic nitrogens is 4. The summed E-state index contributed by atoms with van der Waals surface area (Å²) in [6.45, 7) is 1.92. The Labute approximate surface area is 193 Å². The van der Waals surface area contributed by atoms with Crippen LogP contribution in [0.25, 0.3) is 5.82 Å². The lowest BCUT2D eigenvalue weighted by molar-refractivity contribution is -0.137. The van der Waals surface area contributed by atoms with Gasteiger partial charge >= 0.3 is 6.18 Å². The lowest BCUT2D eigenvalue weighted by Gasteiger charge is -2.22. The summed E-state index contributed by atoms with van der Waals surface area (Å²) in [4.78, 5) is 25.3. The Morgan fingerprint density at radius 3 is 2.76 bits per heavy atom. The van der Waals surface area contributed by atoms with Gasteiger partial charge in [-0.05, 0) is 43.2 Å². The van der Waals surface area contributed by atoms with Crippen LogP contribution in [0.4, 0.5) is 24.9 Å². The van der Waals surface area contributed by atoms with Crippen molar-refractivity contribution in [2.24, 2.45) is 0 Å². The molecular weight excluding hydrogens is 447 g/mol. The quantitative estimate of drug-likeness (QED) is 0.502. The number of carbonyl (C=O) groups excluding carboxylic acids is 1. The van der Waals surface area contributed by atoms with Gasteiger partial charge in [-0.25, -0.2) is 15.0 Å². The first-order chi connectivity index (χ1) is 16.2. The molecule has 8 nitrogen and oxygen atoms in total. The third kappa shape index (κ3) is 5.08. The molecule has 0 aliphatic heterocycles. The van der Waals surface area contributed by atoms with E-state index in [1.165, 1.54) is 18.5 Å². The summed E-state index contributed by atoms with van der Waals surface area (Å²) >= 11 is 0. The van der Waals surface area contributed by atoms with Gasteiger partial charge in [-0.1, -0.05) is 12.1 Å². The van der Waals surface area contributed by atoms with Gasteiger partial charge in [0.2, 0.25) is 5.95 Å². The largest absolute Gasteiger partial charge is 0.416 e. The lowest BCUT2D eigenvalue weighted by Crippen LogP contribution is -2.35. The predicted octanol–water partition coefficient (Wildman–Crippen LogP) is 4.17. The molecule has 11 heteroatoms. The van der Waals surface area contributed by atoms with Gasteiger partial charge in [0.1, 0.15) is 18.0 Å². The molecule has 0 radical (unpaired) electrons. The van der Waals surface area contributed by atoms with Crippen molar-refractivity contribution in [3.05, 3.63) is 83.6 Å². The number of halogens is 3. The second kappa shape index (κ2) is 9.38. The minimum Gasteiger partial charge on any atom is -0.373 e. The number of alkyl halides is 3. The van der Waals surface area contributed by atoms with Crippen LogP contribution >= 0.6 is 0 Å². The van der Waals surface area contributed by atoms with Crippen LogP contribution in [0.5, 0.6) is 0 Å². The summed E-state index contributed by atoms with van der Waals surface area (Å²) in [5.41, 5.74) is 0.743. The summed E-state index contributed by atoms with van der Waals surface area (Å²) in [5.74, 6) is 1.17. The minimum absolute atomic E-state index is 0.0522. The van der Waals surface area contributed by atoms with E-state index in [1.54, 1.807) is 30.1 Å². The van der Waals surface area contributed by atoms with Crippen LogP contribution in [0, 0.1) is 0 Å². The van der Waals surface area contributed by atoms with Crippen molar-refractivity contribution < 1.29 is 18.0 Å². The van der Waals surface area contributed by atoms with Crippen LogP contribution in [-0.2, 0) is 6.18 Å². The number of imidazole rings is 1. The zero-order valence-corrected chi connectivity index (χ0v) is 18.4. The maximum atomic E-state index is 13.0. The highest BCUT2D eigenvalue weighted by molar-refractivity contribution is 5.94. The van der Waals surface area contributed by atoms with Gasteiger partial charge in [-0.3, -0.25) is 9.36 Å². The minimum atomic E-state index is -4.52. The van der Waals surface area contributed by atoms with Crippen LogP contribution in [0.15, 0.2) is 72.5 Å². The Bertz CT molecular complexity index is 1260. The maximum absolute atomic E-state index is 13.0. The van der Waals surface area contributed by atoms with Gasteiger partial charge in [0.15, 0.2) is 0 Å². The van der Waals surface area contributed by atoms with Gasteiger partial charge < -0.3 is 16.0 Å². The van der Waals surface area contributed by atoms with Crippen LogP contribution < -0.4 is 16.0 Å². The molecule has 2 heterocycles. The lowest BCUT2D eigenvalue weighted by atomic mass is 10.00. The fourth-order valence-electron chi connectivity index (χ4n) is 3.46. The van der Waals surface area contributed by atoms with Crippen LogP contribution in [-0.4, -0.2) is 38.5 Å². The predicted molar refractivity (Wildman–Crippen MR) is 121 cm³/mol. The molecule has 3 aromatic rings.